The lowest BCUT2D eigenvalue weighted by molar-refractivity contribution is -0.145. The average molecular weight is 572 g/mol. The van der Waals surface area contributed by atoms with Gasteiger partial charge in [0.2, 0.25) is 0 Å². The summed E-state index contributed by atoms with van der Waals surface area (Å²) in [6.07, 6.45) is 4.64. The monoisotopic (exact) mass is 572 g/mol. The van der Waals surface area contributed by atoms with Gasteiger partial charge < -0.3 is 20.5 Å². The van der Waals surface area contributed by atoms with Crippen molar-refractivity contribution in [2.24, 2.45) is 18.7 Å². The lowest BCUT2D eigenvalue weighted by Crippen LogP contribution is -2.38. The molecule has 42 heavy (non-hydrogen) atoms. The van der Waals surface area contributed by atoms with Gasteiger partial charge in [0.15, 0.2) is 18.3 Å². The number of anilines is 1. The summed E-state index contributed by atoms with van der Waals surface area (Å²) in [6, 6.07) is 5.36. The Balaban J connectivity index is 1.61. The van der Waals surface area contributed by atoms with Gasteiger partial charge in [0.05, 0.1) is 23.1 Å². The van der Waals surface area contributed by atoms with Crippen molar-refractivity contribution in [2.75, 3.05) is 12.0 Å². The number of aryl methyl sites for hydroxylation is 2. The highest BCUT2D eigenvalue weighted by Gasteiger charge is 2.31. The summed E-state index contributed by atoms with van der Waals surface area (Å²) >= 11 is 0. The third kappa shape index (κ3) is 5.60. The van der Waals surface area contributed by atoms with Crippen LogP contribution in [-0.2, 0) is 35.0 Å². The molecule has 0 saturated carbocycles. The van der Waals surface area contributed by atoms with Crippen LogP contribution in [0.4, 0.5) is 10.2 Å². The van der Waals surface area contributed by atoms with Crippen molar-refractivity contribution < 1.29 is 18.7 Å². The molecule has 11 nitrogen and oxygen atoms in total. The number of halogens is 1. The fraction of sp³-hybridized carbons (Fsp3) is 0.414. The number of fused-ring (bicyclic) bond motifs is 7. The molecule has 3 N–H and O–H groups in total. The molecule has 3 atom stereocenters. The lowest BCUT2D eigenvalue weighted by Gasteiger charge is -2.31. The first-order chi connectivity index (χ1) is 20.0. The van der Waals surface area contributed by atoms with Crippen molar-refractivity contribution in [1.82, 2.24) is 29.8 Å². The first kappa shape index (κ1) is 29.2. The van der Waals surface area contributed by atoms with E-state index in [1.54, 1.807) is 38.5 Å². The van der Waals surface area contributed by atoms with Crippen molar-refractivity contribution >= 4 is 19.6 Å². The first-order valence-corrected chi connectivity index (χ1v) is 13.9. The van der Waals surface area contributed by atoms with Gasteiger partial charge in [-0.15, -0.1) is 0 Å². The molecule has 0 saturated heterocycles. The molecule has 218 valence electrons. The molecule has 0 amide bonds. The predicted molar refractivity (Wildman–Crippen MR) is 156 cm³/mol. The largest absolute Gasteiger partial charge is 0.489 e. The van der Waals surface area contributed by atoms with E-state index in [1.807, 2.05) is 25.5 Å². The second-order valence-electron chi connectivity index (χ2n) is 10.7. The van der Waals surface area contributed by atoms with E-state index in [4.69, 9.17) is 23.1 Å². The Hall–Kier alpha value is -4.26. The van der Waals surface area contributed by atoms with Gasteiger partial charge in [-0.05, 0) is 49.6 Å². The number of carbonyl (C=O) groups is 1. The van der Waals surface area contributed by atoms with Crippen LogP contribution in [-0.4, -0.2) is 56.3 Å². The number of ether oxygens (including phenoxy) is 2. The molecule has 1 aliphatic rings. The van der Waals surface area contributed by atoms with Gasteiger partial charge in [0.1, 0.15) is 25.4 Å². The Morgan fingerprint density at radius 3 is 2.81 bits per heavy atom. The van der Waals surface area contributed by atoms with E-state index in [1.165, 1.54) is 16.9 Å². The van der Waals surface area contributed by atoms with Gasteiger partial charge in [-0.25, -0.2) is 9.37 Å². The van der Waals surface area contributed by atoms with E-state index >= 15 is 0 Å². The molecule has 2 unspecified atom stereocenters. The summed E-state index contributed by atoms with van der Waals surface area (Å²) in [5.41, 5.74) is 9.14. The number of aromatic nitrogens is 6. The predicted octanol–water partition coefficient (Wildman–Crippen LogP) is 3.51. The fourth-order valence-electron chi connectivity index (χ4n) is 5.04. The maximum absolute atomic E-state index is 14.7. The van der Waals surface area contributed by atoms with Crippen molar-refractivity contribution in [3.8, 4) is 28.3 Å². The second kappa shape index (κ2) is 11.6. The minimum atomic E-state index is -1.54. The molecule has 5 rings (SSSR count). The van der Waals surface area contributed by atoms with E-state index < -0.39 is 23.3 Å². The summed E-state index contributed by atoms with van der Waals surface area (Å²) in [5, 5.41) is 16.8. The summed E-state index contributed by atoms with van der Waals surface area (Å²) in [4.78, 5) is 18.5. The lowest BCUT2D eigenvalue weighted by atomic mass is 9.74. The van der Waals surface area contributed by atoms with Gasteiger partial charge in [-0.2, -0.15) is 20.1 Å². The zero-order valence-electron chi connectivity index (χ0n) is 24.4. The van der Waals surface area contributed by atoms with Crippen LogP contribution >= 0.6 is 0 Å². The quantitative estimate of drug-likeness (QED) is 0.194. The average Bonchev–Trinajstić information content (AvgIpc) is 3.54. The molecule has 4 heterocycles. The molecule has 0 aliphatic carbocycles. The zero-order chi connectivity index (χ0) is 30.2. The number of rotatable bonds is 7. The van der Waals surface area contributed by atoms with Crippen molar-refractivity contribution in [3.05, 3.63) is 59.3 Å². The van der Waals surface area contributed by atoms with Crippen LogP contribution in [0, 0.1) is 11.7 Å². The Kier molecular flexibility index (Phi) is 8.05. The highest BCUT2D eigenvalue weighted by molar-refractivity contribution is 6.15. The van der Waals surface area contributed by atoms with Gasteiger partial charge in [0, 0.05) is 42.9 Å². The van der Waals surface area contributed by atoms with E-state index in [-0.39, 0.29) is 24.2 Å². The summed E-state index contributed by atoms with van der Waals surface area (Å²) in [6.45, 7) is 7.90. The SMILES string of the molecule is [B][C@]1(C)Oc2cc(cnc2NCOC(=O)C(N)C(C)CC)-c2c(cnn2CC)Cc2nn(C)nc2-c2ccc(F)cc21. The molecule has 1 aromatic carbocycles. The maximum atomic E-state index is 14.7. The van der Waals surface area contributed by atoms with Crippen molar-refractivity contribution in [2.45, 2.75) is 58.6 Å². The van der Waals surface area contributed by atoms with Crippen LogP contribution in [0.3, 0.4) is 0 Å². The third-order valence-corrected chi connectivity index (χ3v) is 7.56. The van der Waals surface area contributed by atoms with Gasteiger partial charge in [-0.1, -0.05) is 20.3 Å². The van der Waals surface area contributed by atoms with Crippen LogP contribution < -0.4 is 15.8 Å². The Bertz CT molecular complexity index is 1620. The van der Waals surface area contributed by atoms with Gasteiger partial charge in [0.25, 0.3) is 0 Å². The molecular weight excluding hydrogens is 538 g/mol. The zero-order valence-corrected chi connectivity index (χ0v) is 24.4. The number of hydrogen-bond acceptors (Lipinski definition) is 9. The highest BCUT2D eigenvalue weighted by atomic mass is 19.1. The molecule has 0 fully saturated rings. The Morgan fingerprint density at radius 2 is 2.07 bits per heavy atom. The van der Waals surface area contributed by atoms with Gasteiger partial charge in [-0.3, -0.25) is 9.48 Å². The number of nitrogens with two attached hydrogens (primary N) is 1. The summed E-state index contributed by atoms with van der Waals surface area (Å²) < 4.78 is 28.3. The molecule has 3 aromatic heterocycles. The number of carbonyl (C=O) groups excluding carboxylic acids is 1. The normalized spacial score (nSPS) is 17.4. The molecule has 4 aromatic rings. The van der Waals surface area contributed by atoms with E-state index in [0.717, 1.165) is 23.2 Å². The number of nitrogens with one attached hydrogen (secondary N) is 1. The Morgan fingerprint density at radius 1 is 1.29 bits per heavy atom. The molecule has 1 aliphatic heterocycles. The van der Waals surface area contributed by atoms with Crippen LogP contribution in [0.25, 0.3) is 22.5 Å². The minimum Gasteiger partial charge on any atom is -0.489 e. The minimum absolute atomic E-state index is 0.0294. The van der Waals surface area contributed by atoms with Crippen LogP contribution in [0.15, 0.2) is 36.7 Å². The molecule has 0 spiro atoms. The number of pyridine rings is 1. The van der Waals surface area contributed by atoms with Crippen LogP contribution in [0.2, 0.25) is 0 Å². The smallest absolute Gasteiger partial charge is 0.324 e. The van der Waals surface area contributed by atoms with E-state index in [2.05, 4.69) is 25.6 Å². The van der Waals surface area contributed by atoms with E-state index in [0.29, 0.717) is 35.5 Å². The number of esters is 1. The van der Waals surface area contributed by atoms with Gasteiger partial charge >= 0.3 is 5.97 Å². The molecular formula is C29H34BFN8O3. The number of hydrogen-bond donors (Lipinski definition) is 2. The van der Waals surface area contributed by atoms with Crippen LogP contribution in [0.5, 0.6) is 5.75 Å². The first-order valence-electron chi connectivity index (χ1n) is 13.9. The van der Waals surface area contributed by atoms with Crippen molar-refractivity contribution in [3.63, 3.8) is 0 Å². The third-order valence-electron chi connectivity index (χ3n) is 7.56. The highest BCUT2D eigenvalue weighted by Crippen LogP contribution is 2.40. The molecule has 13 heteroatoms. The summed E-state index contributed by atoms with van der Waals surface area (Å²) in [7, 11) is 8.52. The standard InChI is InChI=1S/C29H34BFN8O3/c1-6-16(3)24(32)28(40)41-15-34-27-23-11-18(13-33-27)26-17(14-35-39(26)7-2)10-22-25(37-38(5)36-22)20-9-8-19(31)12-21(20)29(4,30)42-23/h8-9,11-14,16,24H,6-7,10,15,32H2,1-5H3,(H,33,34)/t16?,24?,29-/m1/s1. The van der Waals surface area contributed by atoms with Crippen LogP contribution in [0.1, 0.15) is 50.9 Å². The molecule has 2 bridgehead atoms. The fourth-order valence-corrected chi connectivity index (χ4v) is 5.04. The van der Waals surface area contributed by atoms with E-state index in [9.17, 15) is 9.18 Å². The topological polar surface area (TPSA) is 135 Å². The number of nitrogens with zero attached hydrogens (tertiary/aromatic N) is 6. The van der Waals surface area contributed by atoms with Crippen molar-refractivity contribution in [1.29, 1.82) is 0 Å². The Labute approximate surface area is 245 Å². The summed E-state index contributed by atoms with van der Waals surface area (Å²) in [5.74, 6) is -0.488. The molecule has 2 radical (unpaired) electrons. The second-order valence-corrected chi connectivity index (χ2v) is 10.7. The number of benzene rings is 1. The maximum Gasteiger partial charge on any atom is 0.324 e.